The highest BCUT2D eigenvalue weighted by Crippen LogP contribution is 2.28. The number of hydrogen-bond acceptors (Lipinski definition) is 5. The number of carbonyl (C=O) groups is 2. The van der Waals surface area contributed by atoms with Crippen LogP contribution in [0.25, 0.3) is 10.6 Å². The van der Waals surface area contributed by atoms with Gasteiger partial charge >= 0.3 is 0 Å². The maximum Gasteiger partial charge on any atom is 0.227 e. The predicted molar refractivity (Wildman–Crippen MR) is 130 cm³/mol. The Balaban J connectivity index is 1.54. The molecule has 8 heteroatoms. The van der Waals surface area contributed by atoms with Crippen molar-refractivity contribution in [3.05, 3.63) is 65.2 Å². The lowest BCUT2D eigenvalue weighted by Gasteiger charge is -2.28. The van der Waals surface area contributed by atoms with Crippen LogP contribution in [0.2, 0.25) is 5.02 Å². The molecular formula is C24H27ClN4O2S. The van der Waals surface area contributed by atoms with Crippen LogP contribution in [0.1, 0.15) is 38.7 Å². The van der Waals surface area contributed by atoms with Crippen molar-refractivity contribution in [1.82, 2.24) is 15.1 Å². The van der Waals surface area contributed by atoms with Gasteiger partial charge in [-0.1, -0.05) is 72.3 Å². The Morgan fingerprint density at radius 3 is 2.59 bits per heavy atom. The number of amides is 2. The lowest BCUT2D eigenvalue weighted by molar-refractivity contribution is -0.133. The SMILES string of the molecule is CCC(C)N(CCC(=O)Nc1nnc(-c2cccc(Cl)c2)s1)C(=O)CCc1ccccc1. The van der Waals surface area contributed by atoms with E-state index in [4.69, 9.17) is 11.6 Å². The minimum Gasteiger partial charge on any atom is -0.339 e. The summed E-state index contributed by atoms with van der Waals surface area (Å²) in [4.78, 5) is 27.1. The molecule has 0 saturated carbocycles. The number of halogens is 1. The van der Waals surface area contributed by atoms with Crippen LogP contribution in [0.15, 0.2) is 54.6 Å². The van der Waals surface area contributed by atoms with Crippen molar-refractivity contribution >= 4 is 39.9 Å². The van der Waals surface area contributed by atoms with Crippen molar-refractivity contribution in [3.63, 3.8) is 0 Å². The highest BCUT2D eigenvalue weighted by Gasteiger charge is 2.20. The van der Waals surface area contributed by atoms with E-state index in [0.29, 0.717) is 34.5 Å². The highest BCUT2D eigenvalue weighted by atomic mass is 35.5. The standard InChI is InChI=1S/C24H27ClN4O2S/c1-3-17(2)29(22(31)13-12-18-8-5-4-6-9-18)15-14-21(30)26-24-28-27-23(32-24)19-10-7-11-20(25)16-19/h4-11,16-17H,3,12-15H2,1-2H3,(H,26,28,30). The molecule has 2 aromatic carbocycles. The number of carbonyl (C=O) groups excluding carboxylic acids is 2. The normalized spacial score (nSPS) is 11.7. The summed E-state index contributed by atoms with van der Waals surface area (Å²) >= 11 is 7.32. The largest absolute Gasteiger partial charge is 0.339 e. The van der Waals surface area contributed by atoms with E-state index in [1.54, 1.807) is 17.0 Å². The third-order valence-corrected chi connectivity index (χ3v) is 6.36. The molecule has 0 aliphatic carbocycles. The number of benzene rings is 2. The molecule has 0 bridgehead atoms. The van der Waals surface area contributed by atoms with Gasteiger partial charge in [0, 0.05) is 36.0 Å². The Morgan fingerprint density at radius 1 is 1.09 bits per heavy atom. The average Bonchev–Trinajstić information content (AvgIpc) is 3.26. The fourth-order valence-corrected chi connectivity index (χ4v) is 4.21. The molecule has 0 spiro atoms. The molecule has 1 aromatic heterocycles. The van der Waals surface area contributed by atoms with Crippen LogP contribution in [0.3, 0.4) is 0 Å². The first-order chi connectivity index (χ1) is 15.5. The van der Waals surface area contributed by atoms with Crippen molar-refractivity contribution < 1.29 is 9.59 Å². The van der Waals surface area contributed by atoms with E-state index >= 15 is 0 Å². The molecule has 0 saturated heterocycles. The molecule has 0 aliphatic heterocycles. The second kappa shape index (κ2) is 11.7. The molecule has 3 rings (SSSR count). The summed E-state index contributed by atoms with van der Waals surface area (Å²) in [5.74, 6) is -0.127. The molecule has 32 heavy (non-hydrogen) atoms. The first-order valence-electron chi connectivity index (χ1n) is 10.7. The minimum atomic E-state index is -0.192. The topological polar surface area (TPSA) is 75.2 Å². The third-order valence-electron chi connectivity index (χ3n) is 5.24. The van der Waals surface area contributed by atoms with E-state index in [1.165, 1.54) is 11.3 Å². The van der Waals surface area contributed by atoms with Crippen molar-refractivity contribution in [2.75, 3.05) is 11.9 Å². The molecule has 3 aromatic rings. The van der Waals surface area contributed by atoms with Gasteiger partial charge in [0.2, 0.25) is 16.9 Å². The zero-order valence-corrected chi connectivity index (χ0v) is 19.8. The molecule has 1 unspecified atom stereocenters. The van der Waals surface area contributed by atoms with Gasteiger partial charge in [0.25, 0.3) is 0 Å². The van der Waals surface area contributed by atoms with Crippen LogP contribution in [0.5, 0.6) is 0 Å². The Morgan fingerprint density at radius 2 is 1.88 bits per heavy atom. The van der Waals surface area contributed by atoms with E-state index in [1.807, 2.05) is 56.3 Å². The lowest BCUT2D eigenvalue weighted by Crippen LogP contribution is -2.40. The van der Waals surface area contributed by atoms with Crippen LogP contribution >= 0.6 is 22.9 Å². The summed E-state index contributed by atoms with van der Waals surface area (Å²) in [7, 11) is 0. The Hall–Kier alpha value is -2.77. The van der Waals surface area contributed by atoms with Gasteiger partial charge in [-0.25, -0.2) is 0 Å². The summed E-state index contributed by atoms with van der Waals surface area (Å²) in [6.45, 7) is 4.43. The highest BCUT2D eigenvalue weighted by molar-refractivity contribution is 7.18. The molecule has 6 nitrogen and oxygen atoms in total. The number of aryl methyl sites for hydroxylation is 1. The fraction of sp³-hybridized carbons (Fsp3) is 0.333. The van der Waals surface area contributed by atoms with Gasteiger partial charge < -0.3 is 10.2 Å². The fourth-order valence-electron chi connectivity index (χ4n) is 3.27. The molecule has 1 N–H and O–H groups in total. The second-order valence-electron chi connectivity index (χ2n) is 7.55. The summed E-state index contributed by atoms with van der Waals surface area (Å²) in [5, 5.41) is 12.7. The number of rotatable bonds is 10. The molecule has 0 radical (unpaired) electrons. The van der Waals surface area contributed by atoms with Crippen molar-refractivity contribution in [2.24, 2.45) is 0 Å². The van der Waals surface area contributed by atoms with Crippen LogP contribution < -0.4 is 5.32 Å². The smallest absolute Gasteiger partial charge is 0.227 e. The molecule has 168 valence electrons. The number of hydrogen-bond donors (Lipinski definition) is 1. The van der Waals surface area contributed by atoms with Crippen molar-refractivity contribution in [3.8, 4) is 10.6 Å². The van der Waals surface area contributed by atoms with E-state index < -0.39 is 0 Å². The number of anilines is 1. The molecule has 1 atom stereocenters. The van der Waals surface area contributed by atoms with Gasteiger partial charge in [-0.15, -0.1) is 10.2 Å². The van der Waals surface area contributed by atoms with Crippen LogP contribution in [-0.2, 0) is 16.0 Å². The summed E-state index contributed by atoms with van der Waals surface area (Å²) in [6, 6.07) is 17.4. The Kier molecular flexibility index (Phi) is 8.76. The summed E-state index contributed by atoms with van der Waals surface area (Å²) in [6.07, 6.45) is 2.15. The van der Waals surface area contributed by atoms with Crippen molar-refractivity contribution in [2.45, 2.75) is 45.6 Å². The van der Waals surface area contributed by atoms with Gasteiger partial charge in [0.15, 0.2) is 0 Å². The zero-order chi connectivity index (χ0) is 22.9. The van der Waals surface area contributed by atoms with Crippen molar-refractivity contribution in [1.29, 1.82) is 0 Å². The summed E-state index contributed by atoms with van der Waals surface area (Å²) < 4.78 is 0. The molecular weight excluding hydrogens is 444 g/mol. The molecule has 0 aliphatic rings. The lowest BCUT2D eigenvalue weighted by atomic mass is 10.1. The van der Waals surface area contributed by atoms with Crippen LogP contribution in [0, 0.1) is 0 Å². The second-order valence-corrected chi connectivity index (χ2v) is 8.96. The number of aromatic nitrogens is 2. The van der Waals surface area contributed by atoms with Gasteiger partial charge in [0.1, 0.15) is 5.01 Å². The van der Waals surface area contributed by atoms with Gasteiger partial charge in [0.05, 0.1) is 0 Å². The first kappa shape index (κ1) is 23.9. The predicted octanol–water partition coefficient (Wildman–Crippen LogP) is 5.45. The molecule has 0 fully saturated rings. The third kappa shape index (κ3) is 6.87. The van der Waals surface area contributed by atoms with E-state index in [9.17, 15) is 9.59 Å². The van der Waals surface area contributed by atoms with E-state index in [2.05, 4.69) is 15.5 Å². The quantitative estimate of drug-likeness (QED) is 0.427. The van der Waals surface area contributed by atoms with E-state index in [-0.39, 0.29) is 24.3 Å². The zero-order valence-electron chi connectivity index (χ0n) is 18.3. The minimum absolute atomic E-state index is 0.0650. The molecule has 2 amide bonds. The Bertz CT molecular complexity index is 1040. The van der Waals surface area contributed by atoms with E-state index in [0.717, 1.165) is 17.5 Å². The number of nitrogens with zero attached hydrogens (tertiary/aromatic N) is 3. The van der Waals surface area contributed by atoms with Crippen LogP contribution in [0.4, 0.5) is 5.13 Å². The average molecular weight is 471 g/mol. The number of nitrogens with one attached hydrogen (secondary N) is 1. The maximum atomic E-state index is 12.8. The van der Waals surface area contributed by atoms with Gasteiger partial charge in [-0.05, 0) is 37.5 Å². The molecule has 1 heterocycles. The summed E-state index contributed by atoms with van der Waals surface area (Å²) in [5.41, 5.74) is 1.98. The van der Waals surface area contributed by atoms with Gasteiger partial charge in [-0.3, -0.25) is 9.59 Å². The van der Waals surface area contributed by atoms with Crippen LogP contribution in [-0.4, -0.2) is 39.5 Å². The van der Waals surface area contributed by atoms with Gasteiger partial charge in [-0.2, -0.15) is 0 Å². The maximum absolute atomic E-state index is 12.8. The first-order valence-corrected chi connectivity index (χ1v) is 11.9. The Labute approximate surface area is 197 Å². The monoisotopic (exact) mass is 470 g/mol.